The first-order chi connectivity index (χ1) is 9.39. The van der Waals surface area contributed by atoms with E-state index in [-0.39, 0.29) is 36.4 Å². The molecule has 20 heavy (non-hydrogen) atoms. The molecule has 2 rings (SSSR count). The summed E-state index contributed by atoms with van der Waals surface area (Å²) in [6.45, 7) is 0.865. The van der Waals surface area contributed by atoms with Gasteiger partial charge in [0.2, 0.25) is 5.91 Å². The lowest BCUT2D eigenvalue weighted by Crippen LogP contribution is -2.57. The Morgan fingerprint density at radius 2 is 2.05 bits per heavy atom. The second-order valence-corrected chi connectivity index (χ2v) is 7.63. The quantitative estimate of drug-likeness (QED) is 0.709. The van der Waals surface area contributed by atoms with E-state index in [4.69, 9.17) is 5.11 Å². The number of nitrogens with one attached hydrogen (secondary N) is 1. The van der Waals surface area contributed by atoms with Crippen LogP contribution in [0.15, 0.2) is 0 Å². The number of carboxylic acid groups (broad SMARTS) is 1. The summed E-state index contributed by atoms with van der Waals surface area (Å²) < 4.78 is 23.3. The van der Waals surface area contributed by atoms with Crippen LogP contribution in [0.25, 0.3) is 0 Å². The molecule has 1 amide bonds. The molecule has 2 aliphatic rings. The number of carbonyl (C=O) groups excluding carboxylic acids is 1. The zero-order valence-electron chi connectivity index (χ0n) is 11.2. The molecule has 0 aromatic rings. The second kappa shape index (κ2) is 6.09. The maximum Gasteiger partial charge on any atom is 0.305 e. The Labute approximate surface area is 118 Å². The van der Waals surface area contributed by atoms with E-state index >= 15 is 0 Å². The summed E-state index contributed by atoms with van der Waals surface area (Å²) in [6.07, 6.45) is 2.38. The van der Waals surface area contributed by atoms with E-state index in [1.54, 1.807) is 0 Å². The minimum absolute atomic E-state index is 0.0818. The molecule has 0 spiro atoms. The number of carbonyl (C=O) groups is 2. The highest BCUT2D eigenvalue weighted by Crippen LogP contribution is 2.19. The summed E-state index contributed by atoms with van der Waals surface area (Å²) in [4.78, 5) is 24.7. The number of rotatable bonds is 3. The van der Waals surface area contributed by atoms with Crippen molar-refractivity contribution in [3.05, 3.63) is 0 Å². The van der Waals surface area contributed by atoms with Crippen molar-refractivity contribution in [2.24, 2.45) is 0 Å². The smallest absolute Gasteiger partial charge is 0.305 e. The number of amides is 1. The Morgan fingerprint density at radius 1 is 1.30 bits per heavy atom. The van der Waals surface area contributed by atoms with Crippen molar-refractivity contribution >= 4 is 21.7 Å². The van der Waals surface area contributed by atoms with Crippen LogP contribution in [-0.4, -0.2) is 67.0 Å². The molecular formula is C12H20N2O5S. The zero-order chi connectivity index (χ0) is 14.8. The molecule has 7 nitrogen and oxygen atoms in total. The van der Waals surface area contributed by atoms with E-state index in [9.17, 15) is 18.0 Å². The van der Waals surface area contributed by atoms with E-state index < -0.39 is 21.8 Å². The van der Waals surface area contributed by atoms with Gasteiger partial charge in [-0.3, -0.25) is 9.59 Å². The highest BCUT2D eigenvalue weighted by atomic mass is 32.2. The largest absolute Gasteiger partial charge is 0.481 e. The van der Waals surface area contributed by atoms with Gasteiger partial charge >= 0.3 is 5.97 Å². The number of hydrogen-bond acceptors (Lipinski definition) is 5. The molecule has 0 saturated carbocycles. The monoisotopic (exact) mass is 304 g/mol. The van der Waals surface area contributed by atoms with Gasteiger partial charge in [-0.25, -0.2) is 8.42 Å². The van der Waals surface area contributed by atoms with Gasteiger partial charge in [-0.15, -0.1) is 0 Å². The van der Waals surface area contributed by atoms with E-state index in [0.717, 1.165) is 25.8 Å². The van der Waals surface area contributed by atoms with Crippen LogP contribution in [0, 0.1) is 0 Å². The lowest BCUT2D eigenvalue weighted by Gasteiger charge is -2.38. The van der Waals surface area contributed by atoms with E-state index in [1.165, 1.54) is 4.90 Å². The summed E-state index contributed by atoms with van der Waals surface area (Å²) in [5, 5.41) is 12.0. The van der Waals surface area contributed by atoms with Gasteiger partial charge < -0.3 is 15.3 Å². The summed E-state index contributed by atoms with van der Waals surface area (Å²) in [6, 6.07) is -1.05. The Bertz CT molecular complexity index is 484. The highest BCUT2D eigenvalue weighted by molar-refractivity contribution is 7.91. The molecule has 8 heteroatoms. The van der Waals surface area contributed by atoms with Crippen molar-refractivity contribution in [2.45, 2.75) is 37.8 Å². The van der Waals surface area contributed by atoms with Gasteiger partial charge in [-0.2, -0.15) is 0 Å². The van der Waals surface area contributed by atoms with E-state index in [1.807, 2.05) is 0 Å². The van der Waals surface area contributed by atoms with Gasteiger partial charge in [0.05, 0.1) is 30.0 Å². The first-order valence-corrected chi connectivity index (χ1v) is 8.67. The van der Waals surface area contributed by atoms with Crippen LogP contribution in [-0.2, 0) is 19.4 Å². The van der Waals surface area contributed by atoms with Gasteiger partial charge in [-0.05, 0) is 19.4 Å². The molecule has 2 aliphatic heterocycles. The Hall–Kier alpha value is -1.15. The maximum absolute atomic E-state index is 12.4. The molecule has 2 atom stereocenters. The molecule has 0 aromatic carbocycles. The summed E-state index contributed by atoms with van der Waals surface area (Å²) in [5.74, 6) is -1.58. The third-order valence-corrected chi connectivity index (χ3v) is 5.53. The third kappa shape index (κ3) is 3.69. The first kappa shape index (κ1) is 15.2. The van der Waals surface area contributed by atoms with Gasteiger partial charge in [0.1, 0.15) is 0 Å². The number of piperidine rings is 1. The number of sulfone groups is 1. The Kier molecular flexibility index (Phi) is 4.64. The molecule has 0 bridgehead atoms. The van der Waals surface area contributed by atoms with Crippen molar-refractivity contribution in [1.82, 2.24) is 10.2 Å². The number of carboxylic acids is 1. The average Bonchev–Trinajstić information content (AvgIpc) is 2.37. The first-order valence-electron chi connectivity index (χ1n) is 6.85. The lowest BCUT2D eigenvalue weighted by molar-refractivity contribution is -0.141. The number of aliphatic carboxylic acids is 1. The normalized spacial score (nSPS) is 29.9. The molecular weight excluding hydrogens is 284 g/mol. The third-order valence-electron chi connectivity index (χ3n) is 3.83. The van der Waals surface area contributed by atoms with Gasteiger partial charge in [0.15, 0.2) is 9.84 Å². The fourth-order valence-electron chi connectivity index (χ4n) is 2.81. The van der Waals surface area contributed by atoms with Crippen LogP contribution in [0.1, 0.15) is 25.7 Å². The summed E-state index contributed by atoms with van der Waals surface area (Å²) in [7, 11) is -3.25. The van der Waals surface area contributed by atoms with Crippen LogP contribution in [0.5, 0.6) is 0 Å². The topological polar surface area (TPSA) is 104 Å². The molecule has 2 saturated heterocycles. The van der Waals surface area contributed by atoms with E-state index in [0.29, 0.717) is 0 Å². The summed E-state index contributed by atoms with van der Waals surface area (Å²) >= 11 is 0. The predicted molar refractivity (Wildman–Crippen MR) is 72.0 cm³/mol. The fourth-order valence-corrected chi connectivity index (χ4v) is 4.34. The van der Waals surface area contributed by atoms with Crippen molar-refractivity contribution < 1.29 is 23.1 Å². The minimum atomic E-state index is -3.25. The van der Waals surface area contributed by atoms with Crippen molar-refractivity contribution in [1.29, 1.82) is 0 Å². The van der Waals surface area contributed by atoms with Gasteiger partial charge in [-0.1, -0.05) is 6.42 Å². The fraction of sp³-hybridized carbons (Fsp3) is 0.833. The molecule has 2 N–H and O–H groups in total. The summed E-state index contributed by atoms with van der Waals surface area (Å²) in [5.41, 5.74) is 0. The van der Waals surface area contributed by atoms with Crippen molar-refractivity contribution in [3.63, 3.8) is 0 Å². The second-order valence-electron chi connectivity index (χ2n) is 5.40. The van der Waals surface area contributed by atoms with Crippen molar-refractivity contribution in [3.8, 4) is 0 Å². The van der Waals surface area contributed by atoms with Gasteiger partial charge in [0.25, 0.3) is 0 Å². The maximum atomic E-state index is 12.4. The molecule has 1 unspecified atom stereocenters. The van der Waals surface area contributed by atoms with Crippen LogP contribution >= 0.6 is 0 Å². The molecule has 2 heterocycles. The standard InChI is InChI=1S/C12H20N2O5S/c15-11(16)7-9-8-20(18,19)6-5-14(9)12(17)10-3-1-2-4-13-10/h9-10,13H,1-8H2,(H,15,16)/t9?,10-/m1/s1. The van der Waals surface area contributed by atoms with Crippen LogP contribution in [0.3, 0.4) is 0 Å². The van der Waals surface area contributed by atoms with Gasteiger partial charge in [0, 0.05) is 6.54 Å². The predicted octanol–water partition coefficient (Wildman–Crippen LogP) is -0.771. The highest BCUT2D eigenvalue weighted by Gasteiger charge is 2.37. The molecule has 114 valence electrons. The molecule has 2 fully saturated rings. The Morgan fingerprint density at radius 3 is 2.65 bits per heavy atom. The molecule has 0 aromatic heterocycles. The van der Waals surface area contributed by atoms with Crippen LogP contribution in [0.2, 0.25) is 0 Å². The SMILES string of the molecule is O=C(O)CC1CS(=O)(=O)CCN1C(=O)[C@H]1CCCCN1. The Balaban J connectivity index is 2.10. The van der Waals surface area contributed by atoms with E-state index in [2.05, 4.69) is 5.32 Å². The number of nitrogens with zero attached hydrogens (tertiary/aromatic N) is 1. The molecule has 0 aliphatic carbocycles. The number of hydrogen-bond donors (Lipinski definition) is 2. The van der Waals surface area contributed by atoms with Crippen molar-refractivity contribution in [2.75, 3.05) is 24.6 Å². The zero-order valence-corrected chi connectivity index (χ0v) is 12.1. The lowest BCUT2D eigenvalue weighted by atomic mass is 10.0. The average molecular weight is 304 g/mol. The van der Waals surface area contributed by atoms with Crippen LogP contribution < -0.4 is 5.32 Å². The molecule has 0 radical (unpaired) electrons. The minimum Gasteiger partial charge on any atom is -0.481 e. The van der Waals surface area contributed by atoms with Crippen LogP contribution in [0.4, 0.5) is 0 Å².